The average molecular weight is 275 g/mol. The number of benzene rings is 1. The van der Waals surface area contributed by atoms with Gasteiger partial charge in [0.05, 0.1) is 5.69 Å². The predicted molar refractivity (Wildman–Crippen MR) is 87.7 cm³/mol. The summed E-state index contributed by atoms with van der Waals surface area (Å²) < 4.78 is 1.11. The van der Waals surface area contributed by atoms with Crippen molar-refractivity contribution < 1.29 is 4.59 Å². The van der Waals surface area contributed by atoms with Gasteiger partial charge in [0, 0.05) is 12.8 Å². The zero-order valence-electron chi connectivity index (χ0n) is 13.3. The summed E-state index contributed by atoms with van der Waals surface area (Å²) in [7, 11) is 0. The van der Waals surface area contributed by atoms with Gasteiger partial charge in [-0.2, -0.15) is 0 Å². The fourth-order valence-electron chi connectivity index (χ4n) is 3.30. The number of unbranched alkanes of at least 4 members (excludes halogenated alkanes) is 4. The Bertz CT molecular complexity index is 394. The number of anilines is 1. The van der Waals surface area contributed by atoms with Crippen molar-refractivity contribution >= 4 is 5.69 Å². The van der Waals surface area contributed by atoms with E-state index in [4.69, 9.17) is 0 Å². The van der Waals surface area contributed by atoms with Crippen molar-refractivity contribution in [2.75, 3.05) is 25.1 Å². The summed E-state index contributed by atoms with van der Waals surface area (Å²) in [5.74, 6) is 0. The van der Waals surface area contributed by atoms with Gasteiger partial charge in [0.15, 0.2) is 0 Å². The van der Waals surface area contributed by atoms with Gasteiger partial charge in [-0.1, -0.05) is 44.4 Å². The first-order valence-corrected chi connectivity index (χ1v) is 8.46. The average Bonchev–Trinajstić information content (AvgIpc) is 2.90. The SMILES string of the molecule is CCCCCCC[N+]1(Nc2ccccc2C)CCCC1. The van der Waals surface area contributed by atoms with E-state index in [1.165, 1.54) is 75.8 Å². The lowest BCUT2D eigenvalue weighted by Crippen LogP contribution is -2.51. The van der Waals surface area contributed by atoms with Crippen molar-refractivity contribution in [3.8, 4) is 0 Å². The molecule has 2 nitrogen and oxygen atoms in total. The third kappa shape index (κ3) is 4.24. The molecule has 0 unspecified atom stereocenters. The lowest BCUT2D eigenvalue weighted by molar-refractivity contribution is -0.896. The predicted octanol–water partition coefficient (Wildman–Crippen LogP) is 4.90. The Kier molecular flexibility index (Phi) is 5.90. The third-order valence-electron chi connectivity index (χ3n) is 4.61. The van der Waals surface area contributed by atoms with Gasteiger partial charge in [-0.25, -0.2) is 10.0 Å². The number of nitrogens with zero attached hydrogens (tertiary/aromatic N) is 1. The van der Waals surface area contributed by atoms with Crippen molar-refractivity contribution in [2.45, 2.75) is 58.8 Å². The highest BCUT2D eigenvalue weighted by atomic mass is 15.7. The van der Waals surface area contributed by atoms with Crippen molar-refractivity contribution in [3.63, 3.8) is 0 Å². The lowest BCUT2D eigenvalue weighted by atomic mass is 10.1. The van der Waals surface area contributed by atoms with Crippen LogP contribution in [-0.4, -0.2) is 24.2 Å². The van der Waals surface area contributed by atoms with E-state index in [1.807, 2.05) is 0 Å². The molecular formula is C18H31N2+. The summed E-state index contributed by atoms with van der Waals surface area (Å²) in [4.78, 5) is 0. The highest BCUT2D eigenvalue weighted by Gasteiger charge is 2.32. The van der Waals surface area contributed by atoms with Crippen LogP contribution in [0.15, 0.2) is 24.3 Å². The van der Waals surface area contributed by atoms with E-state index < -0.39 is 0 Å². The van der Waals surface area contributed by atoms with Crippen LogP contribution in [0.4, 0.5) is 5.69 Å². The van der Waals surface area contributed by atoms with Gasteiger partial charge in [0.25, 0.3) is 0 Å². The van der Waals surface area contributed by atoms with Crippen LogP contribution in [0.25, 0.3) is 0 Å². The number of likely N-dealkylation sites (tertiary alicyclic amines) is 1. The number of rotatable bonds is 8. The Morgan fingerprint density at radius 3 is 2.40 bits per heavy atom. The van der Waals surface area contributed by atoms with Gasteiger partial charge in [-0.3, -0.25) is 0 Å². The molecule has 1 heterocycles. The monoisotopic (exact) mass is 275 g/mol. The second-order valence-corrected chi connectivity index (χ2v) is 6.36. The first-order chi connectivity index (χ1) is 9.76. The summed E-state index contributed by atoms with van der Waals surface area (Å²) in [6.45, 7) is 8.37. The molecule has 0 saturated carbocycles. The molecule has 1 fully saturated rings. The summed E-state index contributed by atoms with van der Waals surface area (Å²) >= 11 is 0. The molecule has 0 amide bonds. The molecule has 112 valence electrons. The van der Waals surface area contributed by atoms with Crippen LogP contribution in [0, 0.1) is 6.92 Å². The fourth-order valence-corrected chi connectivity index (χ4v) is 3.30. The minimum atomic E-state index is 1.11. The van der Waals surface area contributed by atoms with Crippen LogP contribution in [-0.2, 0) is 0 Å². The second kappa shape index (κ2) is 7.68. The maximum absolute atomic E-state index is 3.85. The largest absolute Gasteiger partial charge is 0.236 e. The van der Waals surface area contributed by atoms with Crippen molar-refractivity contribution in [2.24, 2.45) is 0 Å². The third-order valence-corrected chi connectivity index (χ3v) is 4.61. The molecule has 1 aliphatic heterocycles. The minimum Gasteiger partial charge on any atom is -0.236 e. The zero-order valence-corrected chi connectivity index (χ0v) is 13.3. The molecule has 0 radical (unpaired) electrons. The quantitative estimate of drug-likeness (QED) is 0.525. The van der Waals surface area contributed by atoms with Gasteiger partial charge in [0.2, 0.25) is 0 Å². The Labute approximate surface area is 124 Å². The Hall–Kier alpha value is -1.02. The standard InChI is InChI=1S/C18H31N2/c1-3-4-5-6-9-14-20(15-10-11-16-20)19-18-13-8-7-12-17(18)2/h7-8,12-13,19H,3-6,9-11,14-16H2,1-2H3/q+1. The van der Waals surface area contributed by atoms with Crippen molar-refractivity contribution in [3.05, 3.63) is 29.8 Å². The molecule has 20 heavy (non-hydrogen) atoms. The molecule has 1 aliphatic rings. The first-order valence-electron chi connectivity index (χ1n) is 8.46. The lowest BCUT2D eigenvalue weighted by Gasteiger charge is -2.35. The molecule has 0 atom stereocenters. The van der Waals surface area contributed by atoms with Gasteiger partial charge >= 0.3 is 0 Å². The summed E-state index contributed by atoms with van der Waals surface area (Å²) in [5.41, 5.74) is 6.54. The van der Waals surface area contributed by atoms with Crippen LogP contribution < -0.4 is 5.43 Å². The first kappa shape index (κ1) is 15.4. The topological polar surface area (TPSA) is 12.0 Å². The van der Waals surface area contributed by atoms with Crippen LogP contribution in [0.1, 0.15) is 57.4 Å². The molecule has 0 bridgehead atoms. The number of hydrogen-bond donors (Lipinski definition) is 1. The smallest absolute Gasteiger partial charge is 0.101 e. The molecule has 0 aliphatic carbocycles. The van der Waals surface area contributed by atoms with E-state index in [1.54, 1.807) is 0 Å². The molecular weight excluding hydrogens is 244 g/mol. The normalized spacial score (nSPS) is 17.3. The van der Waals surface area contributed by atoms with E-state index in [9.17, 15) is 0 Å². The van der Waals surface area contributed by atoms with E-state index in [2.05, 4.69) is 43.5 Å². The van der Waals surface area contributed by atoms with Gasteiger partial charge in [-0.15, -0.1) is 0 Å². The molecule has 1 N–H and O–H groups in total. The van der Waals surface area contributed by atoms with E-state index in [0.29, 0.717) is 0 Å². The summed E-state index contributed by atoms with van der Waals surface area (Å²) in [5, 5.41) is 0. The van der Waals surface area contributed by atoms with E-state index in [-0.39, 0.29) is 0 Å². The highest BCUT2D eigenvalue weighted by molar-refractivity contribution is 5.48. The maximum atomic E-state index is 3.85. The van der Waals surface area contributed by atoms with E-state index in [0.717, 1.165) is 4.59 Å². The van der Waals surface area contributed by atoms with Gasteiger partial charge in [0.1, 0.15) is 19.6 Å². The van der Waals surface area contributed by atoms with Crippen molar-refractivity contribution in [1.29, 1.82) is 0 Å². The molecule has 2 rings (SSSR count). The Balaban J connectivity index is 1.90. The van der Waals surface area contributed by atoms with E-state index >= 15 is 0 Å². The van der Waals surface area contributed by atoms with Gasteiger partial charge in [-0.05, 0) is 31.4 Å². The van der Waals surface area contributed by atoms with Crippen LogP contribution >= 0.6 is 0 Å². The Morgan fingerprint density at radius 1 is 1.00 bits per heavy atom. The van der Waals surface area contributed by atoms with Crippen molar-refractivity contribution in [1.82, 2.24) is 0 Å². The van der Waals surface area contributed by atoms with Crippen LogP contribution in [0.3, 0.4) is 0 Å². The number of aryl methyl sites for hydroxylation is 1. The molecule has 1 aromatic rings. The number of para-hydroxylation sites is 1. The summed E-state index contributed by atoms with van der Waals surface area (Å²) in [6.07, 6.45) is 9.62. The molecule has 0 aromatic heterocycles. The highest BCUT2D eigenvalue weighted by Crippen LogP contribution is 2.25. The molecule has 1 saturated heterocycles. The van der Waals surface area contributed by atoms with Gasteiger partial charge < -0.3 is 0 Å². The number of quaternary nitrogens is 1. The number of nitrogens with one attached hydrogen (secondary N) is 1. The second-order valence-electron chi connectivity index (χ2n) is 6.36. The Morgan fingerprint density at radius 2 is 1.70 bits per heavy atom. The summed E-state index contributed by atoms with van der Waals surface area (Å²) in [6, 6.07) is 8.70. The molecule has 1 aromatic carbocycles. The maximum Gasteiger partial charge on any atom is 0.101 e. The molecule has 0 spiro atoms. The van der Waals surface area contributed by atoms with Crippen LogP contribution in [0.2, 0.25) is 0 Å². The number of hydrogen-bond acceptors (Lipinski definition) is 1. The molecule has 2 heteroatoms. The zero-order chi connectivity index (χ0) is 14.3. The fraction of sp³-hybridized carbons (Fsp3) is 0.667. The minimum absolute atomic E-state index is 1.11. The van der Waals surface area contributed by atoms with Crippen LogP contribution in [0.5, 0.6) is 0 Å².